The molecule has 0 unspecified atom stereocenters. The van der Waals surface area contributed by atoms with Gasteiger partial charge in [0.05, 0.1) is 16.5 Å². The van der Waals surface area contributed by atoms with Crippen molar-refractivity contribution in [3.05, 3.63) is 64.1 Å². The van der Waals surface area contributed by atoms with Gasteiger partial charge in [0, 0.05) is 31.9 Å². The molecule has 0 spiro atoms. The predicted molar refractivity (Wildman–Crippen MR) is 105 cm³/mol. The van der Waals surface area contributed by atoms with Crippen LogP contribution in [0.15, 0.2) is 41.3 Å². The third-order valence-electron chi connectivity index (χ3n) is 5.37. The number of nitriles is 1. The molecule has 2 aromatic heterocycles. The number of hydrogen-bond donors (Lipinski definition) is 0. The minimum absolute atomic E-state index is 0.124. The average molecular weight is 377 g/mol. The summed E-state index contributed by atoms with van der Waals surface area (Å²) in [6.45, 7) is 3.95. The molecule has 0 amide bonds. The summed E-state index contributed by atoms with van der Waals surface area (Å²) < 4.78 is 15.1. The Balaban J connectivity index is 1.52. The first kappa shape index (κ1) is 18.1. The van der Waals surface area contributed by atoms with Crippen LogP contribution < -0.4 is 10.5 Å². The lowest BCUT2D eigenvalue weighted by Crippen LogP contribution is -2.37. The molecule has 0 aliphatic carbocycles. The molecule has 1 saturated heterocycles. The van der Waals surface area contributed by atoms with E-state index in [1.165, 1.54) is 18.2 Å². The Morgan fingerprint density at radius 3 is 2.82 bits per heavy atom. The Kier molecular flexibility index (Phi) is 4.78. The van der Waals surface area contributed by atoms with Gasteiger partial charge in [-0.25, -0.2) is 14.4 Å². The smallest absolute Gasteiger partial charge is 0.261 e. The van der Waals surface area contributed by atoms with E-state index in [1.54, 1.807) is 29.8 Å². The van der Waals surface area contributed by atoms with Crippen molar-refractivity contribution >= 4 is 16.7 Å². The summed E-state index contributed by atoms with van der Waals surface area (Å²) in [5.74, 6) is 1.27. The van der Waals surface area contributed by atoms with Gasteiger partial charge in [-0.15, -0.1) is 0 Å². The molecular weight excluding hydrogens is 357 g/mol. The van der Waals surface area contributed by atoms with Crippen molar-refractivity contribution in [3.8, 4) is 6.07 Å². The van der Waals surface area contributed by atoms with E-state index in [0.29, 0.717) is 34.8 Å². The van der Waals surface area contributed by atoms with Gasteiger partial charge in [0.2, 0.25) is 0 Å². The van der Waals surface area contributed by atoms with Crippen molar-refractivity contribution < 1.29 is 4.39 Å². The molecule has 0 N–H and O–H groups in total. The topological polar surface area (TPSA) is 74.8 Å². The summed E-state index contributed by atoms with van der Waals surface area (Å²) >= 11 is 0. The van der Waals surface area contributed by atoms with Crippen LogP contribution in [0.4, 0.5) is 10.2 Å². The zero-order valence-corrected chi connectivity index (χ0v) is 15.6. The fraction of sp³-hybridized carbons (Fsp3) is 0.333. The molecule has 0 atom stereocenters. The molecule has 4 rings (SSSR count). The first-order chi connectivity index (χ1) is 13.6. The molecule has 1 aliphatic heterocycles. The summed E-state index contributed by atoms with van der Waals surface area (Å²) in [6.07, 6.45) is 3.50. The Morgan fingerprint density at radius 2 is 2.07 bits per heavy atom. The summed E-state index contributed by atoms with van der Waals surface area (Å²) in [6, 6.07) is 9.84. The zero-order valence-electron chi connectivity index (χ0n) is 15.6. The van der Waals surface area contributed by atoms with Crippen LogP contribution >= 0.6 is 0 Å². The summed E-state index contributed by atoms with van der Waals surface area (Å²) in [5, 5.41) is 9.72. The van der Waals surface area contributed by atoms with Gasteiger partial charge in [0.1, 0.15) is 23.5 Å². The maximum Gasteiger partial charge on any atom is 0.261 e. The molecule has 1 fully saturated rings. The Bertz CT molecular complexity index is 1130. The first-order valence-electron chi connectivity index (χ1n) is 9.33. The van der Waals surface area contributed by atoms with Crippen LogP contribution in [0.3, 0.4) is 0 Å². The van der Waals surface area contributed by atoms with Crippen LogP contribution in [-0.4, -0.2) is 27.6 Å². The van der Waals surface area contributed by atoms with Crippen LogP contribution in [0, 0.1) is 30.0 Å². The number of aromatic nitrogens is 3. The Morgan fingerprint density at radius 1 is 1.29 bits per heavy atom. The summed E-state index contributed by atoms with van der Waals surface area (Å²) in [4.78, 5) is 23.8. The van der Waals surface area contributed by atoms with E-state index >= 15 is 0 Å². The quantitative estimate of drug-likeness (QED) is 0.701. The van der Waals surface area contributed by atoms with Gasteiger partial charge < -0.3 is 4.90 Å². The van der Waals surface area contributed by atoms with Crippen molar-refractivity contribution in [2.45, 2.75) is 26.3 Å². The van der Waals surface area contributed by atoms with E-state index in [9.17, 15) is 14.4 Å². The monoisotopic (exact) mass is 377 g/mol. The van der Waals surface area contributed by atoms with Gasteiger partial charge in [-0.2, -0.15) is 5.26 Å². The Hall–Kier alpha value is -3.27. The van der Waals surface area contributed by atoms with Crippen LogP contribution in [-0.2, 0) is 6.54 Å². The van der Waals surface area contributed by atoms with Crippen molar-refractivity contribution in [1.29, 1.82) is 5.26 Å². The number of aryl methyl sites for hydroxylation is 1. The molecule has 28 heavy (non-hydrogen) atoms. The number of anilines is 1. The number of pyridine rings is 1. The maximum atomic E-state index is 13.4. The van der Waals surface area contributed by atoms with Crippen molar-refractivity contribution in [3.63, 3.8) is 0 Å². The van der Waals surface area contributed by atoms with Crippen molar-refractivity contribution in [1.82, 2.24) is 14.5 Å². The third-order valence-corrected chi connectivity index (χ3v) is 5.37. The predicted octanol–water partition coefficient (Wildman–Crippen LogP) is 3.03. The number of hydrogen-bond acceptors (Lipinski definition) is 5. The molecular formula is C21H20FN5O. The molecule has 1 aliphatic rings. The average Bonchev–Trinajstić information content (AvgIpc) is 2.71. The second kappa shape index (κ2) is 7.39. The molecule has 0 bridgehead atoms. The number of benzene rings is 1. The highest BCUT2D eigenvalue weighted by atomic mass is 19.1. The first-order valence-corrected chi connectivity index (χ1v) is 9.33. The SMILES string of the molecule is Cc1nc2cc(F)ccc2c(=O)n1CC1CCN(c2ncccc2C#N)CC1. The van der Waals surface area contributed by atoms with Gasteiger partial charge in [-0.1, -0.05) is 0 Å². The van der Waals surface area contributed by atoms with E-state index in [1.807, 2.05) is 0 Å². The molecule has 3 heterocycles. The van der Waals surface area contributed by atoms with Crippen LogP contribution in [0.1, 0.15) is 24.2 Å². The number of halogens is 1. The highest BCUT2D eigenvalue weighted by Crippen LogP contribution is 2.25. The van der Waals surface area contributed by atoms with Crippen molar-refractivity contribution in [2.24, 2.45) is 5.92 Å². The van der Waals surface area contributed by atoms with Gasteiger partial charge in [-0.05, 0) is 49.9 Å². The zero-order chi connectivity index (χ0) is 19.7. The van der Waals surface area contributed by atoms with E-state index in [4.69, 9.17) is 0 Å². The lowest BCUT2D eigenvalue weighted by molar-refractivity contribution is 0.348. The van der Waals surface area contributed by atoms with Gasteiger partial charge in [0.15, 0.2) is 0 Å². The lowest BCUT2D eigenvalue weighted by atomic mass is 9.96. The Labute approximate surface area is 161 Å². The van der Waals surface area contributed by atoms with Crippen molar-refractivity contribution in [2.75, 3.05) is 18.0 Å². The normalized spacial score (nSPS) is 15.0. The molecule has 0 saturated carbocycles. The van der Waals surface area contributed by atoms with Crippen LogP contribution in [0.25, 0.3) is 10.9 Å². The van der Waals surface area contributed by atoms with Gasteiger partial charge >= 0.3 is 0 Å². The van der Waals surface area contributed by atoms with Gasteiger partial charge in [-0.3, -0.25) is 9.36 Å². The van der Waals surface area contributed by atoms with Crippen LogP contribution in [0.2, 0.25) is 0 Å². The van der Waals surface area contributed by atoms with Gasteiger partial charge in [0.25, 0.3) is 5.56 Å². The number of piperidine rings is 1. The molecule has 1 aromatic carbocycles. The minimum Gasteiger partial charge on any atom is -0.356 e. The highest BCUT2D eigenvalue weighted by Gasteiger charge is 2.23. The molecule has 3 aromatic rings. The second-order valence-corrected chi connectivity index (χ2v) is 7.15. The number of nitrogens with zero attached hydrogens (tertiary/aromatic N) is 5. The number of fused-ring (bicyclic) bond motifs is 1. The molecule has 0 radical (unpaired) electrons. The lowest BCUT2D eigenvalue weighted by Gasteiger charge is -2.33. The van der Waals surface area contributed by atoms with E-state index in [0.717, 1.165) is 31.7 Å². The third kappa shape index (κ3) is 3.33. The minimum atomic E-state index is -0.393. The largest absolute Gasteiger partial charge is 0.356 e. The standard InChI is InChI=1S/C21H20FN5O/c1-14-25-19-11-17(22)4-5-18(19)21(28)27(14)13-15-6-9-26(10-7-15)20-16(12-23)3-2-8-24-20/h2-5,8,11,15H,6-7,9-10,13H2,1H3. The second-order valence-electron chi connectivity index (χ2n) is 7.15. The van der Waals surface area contributed by atoms with E-state index in [-0.39, 0.29) is 5.56 Å². The number of rotatable bonds is 3. The fourth-order valence-electron chi connectivity index (χ4n) is 3.84. The molecule has 6 nitrogen and oxygen atoms in total. The maximum absolute atomic E-state index is 13.4. The van der Waals surface area contributed by atoms with E-state index < -0.39 is 5.82 Å². The summed E-state index contributed by atoms with van der Waals surface area (Å²) in [5.41, 5.74) is 0.855. The molecule has 142 valence electrons. The van der Waals surface area contributed by atoms with E-state index in [2.05, 4.69) is 20.9 Å². The summed E-state index contributed by atoms with van der Waals surface area (Å²) in [7, 11) is 0. The fourth-order valence-corrected chi connectivity index (χ4v) is 3.84. The highest BCUT2D eigenvalue weighted by molar-refractivity contribution is 5.77. The molecule has 7 heteroatoms. The van der Waals surface area contributed by atoms with Crippen LogP contribution in [0.5, 0.6) is 0 Å².